The number of hydrogen-bond donors (Lipinski definition) is 1. The van der Waals surface area contributed by atoms with Gasteiger partial charge in [0.15, 0.2) is 5.65 Å². The molecule has 4 rings (SSSR count). The van der Waals surface area contributed by atoms with Gasteiger partial charge in [0, 0.05) is 18.3 Å². The Hall–Kier alpha value is -3.13. The van der Waals surface area contributed by atoms with E-state index in [1.165, 1.54) is 0 Å². The molecule has 1 N–H and O–H groups in total. The lowest BCUT2D eigenvalue weighted by Gasteiger charge is -2.19. The Morgan fingerprint density at radius 3 is 2.84 bits per heavy atom. The zero-order valence-electron chi connectivity index (χ0n) is 18.3. The van der Waals surface area contributed by atoms with Crippen molar-refractivity contribution in [3.8, 4) is 0 Å². The number of dihydropyridines is 1. The lowest BCUT2D eigenvalue weighted by Crippen LogP contribution is -2.34. The number of rotatable bonds is 5. The van der Waals surface area contributed by atoms with Gasteiger partial charge in [-0.1, -0.05) is 11.6 Å². The second-order valence-electron chi connectivity index (χ2n) is 8.27. The first-order chi connectivity index (χ1) is 14.8. The highest BCUT2D eigenvalue weighted by molar-refractivity contribution is 6.07. The summed E-state index contributed by atoms with van der Waals surface area (Å²) in [6.07, 6.45) is 6.31. The van der Waals surface area contributed by atoms with Crippen LogP contribution < -0.4 is 5.32 Å². The molecule has 2 amide bonds. The van der Waals surface area contributed by atoms with E-state index < -0.39 is 5.92 Å². The molecule has 1 unspecified atom stereocenters. The zero-order chi connectivity index (χ0) is 22.1. The number of carbonyl (C=O) groups excluding carboxylic acids is 2. The summed E-state index contributed by atoms with van der Waals surface area (Å²) in [6, 6.07) is 1.92. The summed E-state index contributed by atoms with van der Waals surface area (Å²) in [5.41, 5.74) is 4.59. The summed E-state index contributed by atoms with van der Waals surface area (Å²) in [4.78, 5) is 34.3. The van der Waals surface area contributed by atoms with Crippen molar-refractivity contribution in [2.45, 2.75) is 40.2 Å². The van der Waals surface area contributed by atoms with Gasteiger partial charge in [-0.2, -0.15) is 5.10 Å². The van der Waals surface area contributed by atoms with Crippen LogP contribution in [0.1, 0.15) is 56.2 Å². The number of hydrogen-bond acceptors (Lipinski definition) is 5. The molecule has 2 aromatic heterocycles. The van der Waals surface area contributed by atoms with Crippen molar-refractivity contribution in [1.29, 1.82) is 0 Å². The van der Waals surface area contributed by atoms with E-state index in [1.807, 2.05) is 43.7 Å². The van der Waals surface area contributed by atoms with E-state index in [0.29, 0.717) is 35.5 Å². The summed E-state index contributed by atoms with van der Waals surface area (Å²) in [5.74, 6) is -0.920. The molecular weight excluding hydrogens is 394 g/mol. The fourth-order valence-electron chi connectivity index (χ4n) is 3.96. The number of aromatic nitrogens is 3. The smallest absolute Gasteiger partial charge is 0.254 e. The fourth-order valence-corrected chi connectivity index (χ4v) is 3.96. The first-order valence-corrected chi connectivity index (χ1v) is 10.6. The van der Waals surface area contributed by atoms with Gasteiger partial charge in [0.2, 0.25) is 0 Å². The van der Waals surface area contributed by atoms with E-state index in [1.54, 1.807) is 13.1 Å². The molecule has 8 nitrogen and oxygen atoms in total. The van der Waals surface area contributed by atoms with Gasteiger partial charge in [0.25, 0.3) is 11.8 Å². The molecule has 1 atom stereocenters. The van der Waals surface area contributed by atoms with Gasteiger partial charge in [-0.25, -0.2) is 14.7 Å². The zero-order valence-corrected chi connectivity index (χ0v) is 18.3. The van der Waals surface area contributed by atoms with E-state index in [0.717, 1.165) is 23.3 Å². The average Bonchev–Trinajstić information content (AvgIpc) is 3.17. The van der Waals surface area contributed by atoms with Crippen molar-refractivity contribution in [3.63, 3.8) is 0 Å². The lowest BCUT2D eigenvalue weighted by atomic mass is 9.95. The molecule has 0 aliphatic carbocycles. The molecule has 2 aliphatic rings. The number of allylic oxidation sites excluding steroid dienone is 1. The molecule has 2 aromatic rings. The van der Waals surface area contributed by atoms with Crippen molar-refractivity contribution in [3.05, 3.63) is 41.2 Å². The van der Waals surface area contributed by atoms with Gasteiger partial charge in [-0.05, 0) is 51.8 Å². The maximum absolute atomic E-state index is 13.2. The third-order valence-electron chi connectivity index (χ3n) is 5.63. The van der Waals surface area contributed by atoms with E-state index in [4.69, 9.17) is 9.72 Å². The highest BCUT2D eigenvalue weighted by Crippen LogP contribution is 2.27. The summed E-state index contributed by atoms with van der Waals surface area (Å²) in [7, 11) is 0. The summed E-state index contributed by atoms with van der Waals surface area (Å²) < 4.78 is 7.24. The molecule has 4 heterocycles. The molecule has 2 aliphatic heterocycles. The minimum absolute atomic E-state index is 0.105. The van der Waals surface area contributed by atoms with Gasteiger partial charge in [0.05, 0.1) is 42.0 Å². The van der Waals surface area contributed by atoms with Crippen LogP contribution in [0.4, 0.5) is 0 Å². The van der Waals surface area contributed by atoms with Gasteiger partial charge >= 0.3 is 0 Å². The standard InChI is InChI=1S/C23H27N5O3/c1-13(2)28-21-19(12-25-28)17(10-20(27-21)16-5-7-31-8-6-16)22(29)24-11-18-14(3)9-15(4)26-23(18)30/h5,9-10,12-13,18H,6-8,11H2,1-4H3,(H,24,29). The van der Waals surface area contributed by atoms with Crippen molar-refractivity contribution >= 4 is 34.1 Å². The monoisotopic (exact) mass is 421 g/mol. The fraction of sp³-hybridized carbons (Fsp3) is 0.435. The minimum Gasteiger partial charge on any atom is -0.377 e. The maximum Gasteiger partial charge on any atom is 0.254 e. The molecule has 0 radical (unpaired) electrons. The number of nitrogens with zero attached hydrogens (tertiary/aromatic N) is 4. The second-order valence-corrected chi connectivity index (χ2v) is 8.27. The van der Waals surface area contributed by atoms with Crippen LogP contribution in [0.3, 0.4) is 0 Å². The van der Waals surface area contributed by atoms with Crippen LogP contribution in [0.5, 0.6) is 0 Å². The molecule has 0 spiro atoms. The quantitative estimate of drug-likeness (QED) is 0.800. The molecule has 0 fully saturated rings. The Balaban J connectivity index is 1.67. The largest absolute Gasteiger partial charge is 0.377 e. The van der Waals surface area contributed by atoms with E-state index in [-0.39, 0.29) is 24.4 Å². The maximum atomic E-state index is 13.2. The van der Waals surface area contributed by atoms with Crippen molar-refractivity contribution in [2.75, 3.05) is 19.8 Å². The molecule has 8 heteroatoms. The van der Waals surface area contributed by atoms with E-state index >= 15 is 0 Å². The van der Waals surface area contributed by atoms with Crippen molar-refractivity contribution in [2.24, 2.45) is 10.9 Å². The predicted molar refractivity (Wildman–Crippen MR) is 119 cm³/mol. The number of carbonyl (C=O) groups is 2. The highest BCUT2D eigenvalue weighted by atomic mass is 16.5. The third-order valence-corrected chi connectivity index (χ3v) is 5.63. The summed E-state index contributed by atoms with van der Waals surface area (Å²) in [5, 5.41) is 8.08. The Bertz CT molecular complexity index is 1140. The Labute approximate surface area is 181 Å². The third kappa shape index (κ3) is 4.20. The highest BCUT2D eigenvalue weighted by Gasteiger charge is 2.25. The molecule has 0 bridgehead atoms. The van der Waals surface area contributed by atoms with Crippen LogP contribution in [0, 0.1) is 5.92 Å². The number of ether oxygens (including phenoxy) is 1. The molecular formula is C23H27N5O3. The minimum atomic E-state index is -0.443. The van der Waals surface area contributed by atoms with Crippen molar-refractivity contribution in [1.82, 2.24) is 20.1 Å². The van der Waals surface area contributed by atoms with Gasteiger partial charge < -0.3 is 10.1 Å². The van der Waals surface area contributed by atoms with Crippen LogP contribution in [0.25, 0.3) is 16.6 Å². The van der Waals surface area contributed by atoms with Gasteiger partial charge in [0.1, 0.15) is 0 Å². The number of aliphatic imine (C=N–C) groups is 1. The van der Waals surface area contributed by atoms with Crippen LogP contribution in [0.15, 0.2) is 35.0 Å². The number of fused-ring (bicyclic) bond motifs is 1. The molecule has 0 saturated carbocycles. The number of amides is 2. The number of pyridine rings is 1. The van der Waals surface area contributed by atoms with Gasteiger partial charge in [-0.15, -0.1) is 0 Å². The van der Waals surface area contributed by atoms with Crippen LogP contribution >= 0.6 is 0 Å². The summed E-state index contributed by atoms with van der Waals surface area (Å²) in [6.45, 7) is 9.11. The first kappa shape index (κ1) is 21.1. The van der Waals surface area contributed by atoms with E-state index in [9.17, 15) is 9.59 Å². The molecule has 162 valence electrons. The normalized spacial score (nSPS) is 19.3. The SMILES string of the molecule is CC1=CC(C)=NC(=O)C1CNC(=O)c1cc(C2=CCOCC2)nc2c1cnn2C(C)C. The lowest BCUT2D eigenvalue weighted by molar-refractivity contribution is -0.120. The predicted octanol–water partition coefficient (Wildman–Crippen LogP) is 3.11. The Morgan fingerprint density at radius 1 is 1.35 bits per heavy atom. The second kappa shape index (κ2) is 8.55. The van der Waals surface area contributed by atoms with Crippen LogP contribution in [0.2, 0.25) is 0 Å². The average molecular weight is 422 g/mol. The van der Waals surface area contributed by atoms with E-state index in [2.05, 4.69) is 15.4 Å². The first-order valence-electron chi connectivity index (χ1n) is 10.6. The van der Waals surface area contributed by atoms with Crippen LogP contribution in [-0.4, -0.2) is 52.0 Å². The Morgan fingerprint density at radius 2 is 2.16 bits per heavy atom. The molecule has 0 aromatic carbocycles. The Kier molecular flexibility index (Phi) is 5.82. The molecule has 31 heavy (non-hydrogen) atoms. The van der Waals surface area contributed by atoms with Crippen molar-refractivity contribution < 1.29 is 14.3 Å². The van der Waals surface area contributed by atoms with Gasteiger partial charge in [-0.3, -0.25) is 9.59 Å². The molecule has 0 saturated heterocycles. The van der Waals surface area contributed by atoms with Crippen LogP contribution in [-0.2, 0) is 9.53 Å². The summed E-state index contributed by atoms with van der Waals surface area (Å²) >= 11 is 0. The topological polar surface area (TPSA) is 98.5 Å². The number of nitrogens with one attached hydrogen (secondary N) is 1.